The summed E-state index contributed by atoms with van der Waals surface area (Å²) in [7, 11) is 7.42. The molecule has 0 saturated heterocycles. The van der Waals surface area contributed by atoms with Gasteiger partial charge in [0.15, 0.2) is 0 Å². The minimum absolute atomic E-state index is 0. The van der Waals surface area contributed by atoms with Crippen molar-refractivity contribution >= 4 is 53.9 Å². The second kappa shape index (κ2) is 19.5. The van der Waals surface area contributed by atoms with E-state index in [-0.39, 0.29) is 41.7 Å². The molecule has 0 atom stereocenters. The van der Waals surface area contributed by atoms with Crippen LogP contribution >= 0.6 is 12.2 Å². The molecule has 0 saturated carbocycles. The van der Waals surface area contributed by atoms with Crippen molar-refractivity contribution in [3.8, 4) is 28.2 Å². The van der Waals surface area contributed by atoms with Crippen LogP contribution in [0.2, 0.25) is 0 Å². The fourth-order valence-corrected chi connectivity index (χ4v) is 3.17. The van der Waals surface area contributed by atoms with Gasteiger partial charge in [0.25, 0.3) is 0 Å². The van der Waals surface area contributed by atoms with Gasteiger partial charge in [-0.1, -0.05) is 17.6 Å². The molecule has 0 bridgehead atoms. The number of aromatic nitrogens is 4. The van der Waals surface area contributed by atoms with E-state index < -0.39 is 23.9 Å². The molecule has 45 heavy (non-hydrogen) atoms. The third-order valence-electron chi connectivity index (χ3n) is 5.10. The summed E-state index contributed by atoms with van der Waals surface area (Å²) < 4.78 is 2.86. The normalized spacial score (nSPS) is 8.87. The summed E-state index contributed by atoms with van der Waals surface area (Å²) in [5, 5.41) is 52.7. The Balaban J connectivity index is 0.000000719. The Bertz CT molecular complexity index is 1660. The molecule has 0 spiro atoms. The number of aromatic carboxylic acids is 4. The molecule has 0 fully saturated rings. The molecule has 0 aliphatic carbocycles. The molecule has 4 aromatic rings. The molecule has 4 aromatic heterocycles. The van der Waals surface area contributed by atoms with Gasteiger partial charge in [0.05, 0.1) is 34.9 Å². The number of carbonyl (C=O) groups is 4. The van der Waals surface area contributed by atoms with Gasteiger partial charge >= 0.3 is 43.4 Å². The fraction of sp³-hybridized carbons (Fsp3) is 0. The Morgan fingerprint density at radius 1 is 0.733 bits per heavy atom. The number of nitrogens with zero attached hydrogens (tertiary/aromatic N) is 6. The van der Waals surface area contributed by atoms with Crippen molar-refractivity contribution in [1.82, 2.24) is 9.97 Å². The Morgan fingerprint density at radius 2 is 1.00 bits per heavy atom. The van der Waals surface area contributed by atoms with Crippen LogP contribution in [0.5, 0.6) is 0 Å². The average Bonchev–Trinajstić information content (AvgIpc) is 2.98. The summed E-state index contributed by atoms with van der Waals surface area (Å²) in [4.78, 5) is 51.7. The molecule has 17 heteroatoms. The number of hydrogen-bond acceptors (Lipinski definition) is 9. The number of rotatable bonds is 6. The van der Waals surface area contributed by atoms with Crippen LogP contribution in [0, 0.1) is 24.8 Å². The van der Waals surface area contributed by atoms with E-state index in [1.165, 1.54) is 93.0 Å². The van der Waals surface area contributed by atoms with Crippen LogP contribution in [-0.4, -0.2) is 59.4 Å². The second-order valence-electron chi connectivity index (χ2n) is 7.80. The van der Waals surface area contributed by atoms with E-state index in [9.17, 15) is 19.2 Å². The zero-order valence-electron chi connectivity index (χ0n) is 22.6. The number of carboxylic acids is 4. The summed E-state index contributed by atoms with van der Waals surface area (Å²) in [6.45, 7) is 0. The Hall–Kier alpha value is -5.65. The molecule has 0 aromatic carbocycles. The predicted molar refractivity (Wildman–Crippen MR) is 158 cm³/mol. The molecule has 0 radical (unpaired) electrons. The Morgan fingerprint density at radius 3 is 1.27 bits per heavy atom. The van der Waals surface area contributed by atoms with Crippen molar-refractivity contribution in [2.45, 2.75) is 0 Å². The maximum absolute atomic E-state index is 10.9. The van der Waals surface area contributed by atoms with Gasteiger partial charge in [-0.2, -0.15) is 5.16 Å². The van der Waals surface area contributed by atoms with Crippen molar-refractivity contribution in [2.75, 3.05) is 0 Å². The Labute approximate surface area is 279 Å². The SMILES string of the molecule is N#C[S-].[CH2-][n+]1ccc(C(=O)O)cc1-c1cc(C(=O)O)ccn1.[CH2-][n+]1ccc(C(=O)O)cc1-c1cc(C(=O)O)ccn1.[N-]=C=S.[Ru+4]. The number of hydrogen-bond donors (Lipinski definition) is 4. The largest absolute Gasteiger partial charge is 4.00 e. The van der Waals surface area contributed by atoms with Gasteiger partial charge in [-0.3, -0.25) is 9.97 Å². The van der Waals surface area contributed by atoms with Crippen molar-refractivity contribution in [1.29, 1.82) is 5.26 Å². The molecule has 4 heterocycles. The zero-order chi connectivity index (χ0) is 33.4. The molecule has 0 unspecified atom stereocenters. The number of pyridine rings is 4. The van der Waals surface area contributed by atoms with E-state index in [1.54, 1.807) is 0 Å². The molecule has 0 aliphatic heterocycles. The van der Waals surface area contributed by atoms with Crippen molar-refractivity contribution in [2.24, 2.45) is 0 Å². The first-order valence-corrected chi connectivity index (χ1v) is 12.2. The summed E-state index contributed by atoms with van der Waals surface area (Å²) >= 11 is 7.40. The number of thiocarbonyl (C=S) groups is 1. The summed E-state index contributed by atoms with van der Waals surface area (Å²) in [5.74, 6) is -4.30. The van der Waals surface area contributed by atoms with E-state index in [4.69, 9.17) is 31.1 Å². The van der Waals surface area contributed by atoms with Gasteiger partial charge in [-0.05, 0) is 48.5 Å². The molecule has 0 amide bonds. The quantitative estimate of drug-likeness (QED) is 0.0426. The first kappa shape index (κ1) is 39.4. The van der Waals surface area contributed by atoms with Crippen molar-refractivity contribution in [3.63, 3.8) is 0 Å². The molecular weight excluding hydrogens is 714 g/mol. The van der Waals surface area contributed by atoms with E-state index in [0.717, 1.165) is 0 Å². The van der Waals surface area contributed by atoms with Crippen molar-refractivity contribution in [3.05, 3.63) is 115 Å². The van der Waals surface area contributed by atoms with E-state index >= 15 is 0 Å². The summed E-state index contributed by atoms with van der Waals surface area (Å²) in [5.41, 5.74) is 1.84. The summed E-state index contributed by atoms with van der Waals surface area (Å²) in [6, 6.07) is 11.0. The zero-order valence-corrected chi connectivity index (χ0v) is 26.0. The maximum atomic E-state index is 10.9. The van der Waals surface area contributed by atoms with Crippen LogP contribution in [0.15, 0.2) is 73.3 Å². The molecule has 4 rings (SSSR count). The smallest absolute Gasteiger partial charge is 0.753 e. The third kappa shape index (κ3) is 12.2. The molecular formula is C28H20N6O8RuS2+2. The Kier molecular flexibility index (Phi) is 17.1. The standard InChI is InChI=1S/2C13H10N2O4.CHNS.CNS.Ru/c2*1-15-5-3-9(13(18)19)7-11(15)10-6-8(12(16)17)2-4-14-10;2*2-1-3;/h2*2-7H,1H2,(H,16,17)(H,18,19);3H;;/q;;;-1;+4/p-1. The number of isothiocyanates is 1. The fourth-order valence-electron chi connectivity index (χ4n) is 3.17. The molecule has 4 N–H and O–H groups in total. The van der Waals surface area contributed by atoms with Gasteiger partial charge in [0.1, 0.15) is 11.4 Å². The first-order chi connectivity index (χ1) is 20.8. The number of thiocyanates is 1. The van der Waals surface area contributed by atoms with Gasteiger partial charge in [0.2, 0.25) is 0 Å². The summed E-state index contributed by atoms with van der Waals surface area (Å²) in [6.07, 6.45) is 5.67. The van der Waals surface area contributed by atoms with Gasteiger partial charge in [-0.25, -0.2) is 24.4 Å². The average molecular weight is 734 g/mol. The minimum Gasteiger partial charge on any atom is -0.753 e. The van der Waals surface area contributed by atoms with Crippen LogP contribution < -0.4 is 9.13 Å². The van der Waals surface area contributed by atoms with Crippen LogP contribution in [-0.2, 0) is 32.1 Å². The van der Waals surface area contributed by atoms with Crippen LogP contribution in [0.25, 0.3) is 28.2 Å². The third-order valence-corrected chi connectivity index (χ3v) is 5.10. The second-order valence-corrected chi connectivity index (χ2v) is 8.17. The molecule has 0 aliphatic rings. The number of carboxylic acid groups (broad SMARTS) is 4. The molecule has 228 valence electrons. The van der Waals surface area contributed by atoms with Crippen molar-refractivity contribution < 1.29 is 68.2 Å². The van der Waals surface area contributed by atoms with E-state index in [1.807, 2.05) is 0 Å². The van der Waals surface area contributed by atoms with Crippen LogP contribution in [0.3, 0.4) is 0 Å². The topological polar surface area (TPSA) is 229 Å². The monoisotopic (exact) mass is 734 g/mol. The number of nitriles is 1. The first-order valence-electron chi connectivity index (χ1n) is 11.4. The van der Waals surface area contributed by atoms with Crippen LogP contribution in [0.4, 0.5) is 0 Å². The minimum atomic E-state index is -1.08. The maximum Gasteiger partial charge on any atom is 4.00 e. The molecule has 14 nitrogen and oxygen atoms in total. The van der Waals surface area contributed by atoms with Gasteiger partial charge < -0.3 is 47.6 Å². The van der Waals surface area contributed by atoms with E-state index in [2.05, 4.69) is 48.9 Å². The van der Waals surface area contributed by atoms with E-state index in [0.29, 0.717) is 22.8 Å². The van der Waals surface area contributed by atoms with Gasteiger partial charge in [-0.15, -0.1) is 0 Å². The van der Waals surface area contributed by atoms with Crippen LogP contribution in [0.1, 0.15) is 41.4 Å². The predicted octanol–water partition coefficient (Wildman–Crippen LogP) is 2.81. The van der Waals surface area contributed by atoms with Gasteiger partial charge in [0, 0.05) is 37.6 Å².